The molecule has 324 valence electrons. The summed E-state index contributed by atoms with van der Waals surface area (Å²) in [6.45, 7) is 25.5. The second kappa shape index (κ2) is 20.2. The van der Waals surface area contributed by atoms with E-state index in [4.69, 9.17) is 35.3 Å². The molecular weight excluding hydrogens is 903 g/mol. The number of benzene rings is 4. The first-order valence-electron chi connectivity index (χ1n) is 21.4. The molecular formula is C54H60Cl2O4SiZr-2. The summed E-state index contributed by atoms with van der Waals surface area (Å²) >= 11 is -1.65. The fourth-order valence-electron chi connectivity index (χ4n) is 8.47. The molecule has 0 radical (unpaired) electrons. The zero-order valence-corrected chi connectivity index (χ0v) is 43.9. The summed E-state index contributed by atoms with van der Waals surface area (Å²) in [4.78, 5) is 0. The van der Waals surface area contributed by atoms with Crippen LogP contribution in [-0.4, -0.2) is 19.7 Å². The number of hydrogen-bond donors (Lipinski definition) is 0. The van der Waals surface area contributed by atoms with Crippen LogP contribution in [0.3, 0.4) is 0 Å². The number of ether oxygens (including phenoxy) is 2. The van der Waals surface area contributed by atoms with Crippen LogP contribution in [0, 0.1) is 55.4 Å². The Bertz CT molecular complexity index is 2640. The van der Waals surface area contributed by atoms with E-state index < -0.39 is 18.0 Å². The summed E-state index contributed by atoms with van der Waals surface area (Å²) in [6.07, 6.45) is 1.99. The van der Waals surface area contributed by atoms with Gasteiger partial charge in [0.2, 0.25) is 0 Å². The summed E-state index contributed by atoms with van der Waals surface area (Å²) in [6, 6.07) is 31.2. The predicted molar refractivity (Wildman–Crippen MR) is 264 cm³/mol. The average molecular weight is 963 g/mol. The Morgan fingerprint density at radius 2 is 0.871 bits per heavy atom. The molecule has 2 heterocycles. The third-order valence-electron chi connectivity index (χ3n) is 11.9. The van der Waals surface area contributed by atoms with Crippen LogP contribution in [0.25, 0.3) is 66.4 Å². The fraction of sp³-hybridized carbons (Fsp3) is 0.296. The van der Waals surface area contributed by atoms with Crippen LogP contribution in [0.1, 0.15) is 69.9 Å². The van der Waals surface area contributed by atoms with Crippen molar-refractivity contribution in [3.8, 4) is 56.4 Å². The monoisotopic (exact) mass is 960 g/mol. The molecule has 0 aliphatic heterocycles. The molecule has 0 aliphatic carbocycles. The normalized spacial score (nSPS) is 11.0. The van der Waals surface area contributed by atoms with Crippen LogP contribution in [0.4, 0.5) is 0 Å². The topological polar surface area (TPSA) is 44.7 Å². The van der Waals surface area contributed by atoms with Gasteiger partial charge < -0.3 is 18.3 Å². The molecule has 62 heavy (non-hydrogen) atoms. The predicted octanol–water partition coefficient (Wildman–Crippen LogP) is 16.7. The Hall–Kier alpha value is -4.06. The van der Waals surface area contributed by atoms with Crippen LogP contribution in [-0.2, 0) is 30.8 Å². The standard InChI is InChI=1S/2C26H27O2.C2H6Si.2ClH.Zr/c2*1-7-19-8-9-20-13-21(24-12-15(2)18(5)28-24)14-23(20)25(19)22-10-16(3)26(27-6)17(4)11-22;1-3-2;;;/h2*8-14H,7H2,1-6H3;1-2H3;2*1H;/q2*-1;;;;+2/p-2. The van der Waals surface area contributed by atoms with Gasteiger partial charge in [0.05, 0.1) is 37.3 Å². The zero-order valence-electron chi connectivity index (χ0n) is 38.9. The van der Waals surface area contributed by atoms with Gasteiger partial charge in [-0.2, -0.15) is 0 Å². The van der Waals surface area contributed by atoms with E-state index in [1.807, 2.05) is 13.8 Å². The fourth-order valence-corrected chi connectivity index (χ4v) is 8.47. The van der Waals surface area contributed by atoms with Gasteiger partial charge in [0.1, 0.15) is 11.5 Å². The molecule has 4 nitrogen and oxygen atoms in total. The molecule has 0 spiro atoms. The van der Waals surface area contributed by atoms with Crippen molar-refractivity contribution in [2.75, 3.05) is 14.2 Å². The van der Waals surface area contributed by atoms with Crippen molar-refractivity contribution in [3.05, 3.63) is 141 Å². The van der Waals surface area contributed by atoms with Gasteiger partial charge in [-0.05, 0) is 160 Å². The molecule has 0 saturated carbocycles. The van der Waals surface area contributed by atoms with Gasteiger partial charge in [0.25, 0.3) is 0 Å². The molecule has 6 aromatic carbocycles. The number of hydrogen-bond acceptors (Lipinski definition) is 4. The summed E-state index contributed by atoms with van der Waals surface area (Å²) in [5, 5.41) is 5.06. The zero-order chi connectivity index (χ0) is 45.2. The third kappa shape index (κ3) is 10.0. The molecule has 2 aromatic heterocycles. The van der Waals surface area contributed by atoms with E-state index >= 15 is 0 Å². The average Bonchev–Trinajstić information content (AvgIpc) is 4.02. The van der Waals surface area contributed by atoms with E-state index in [2.05, 4.69) is 153 Å². The van der Waals surface area contributed by atoms with Gasteiger partial charge >= 0.3 is 53.5 Å². The first-order valence-corrected chi connectivity index (χ1v) is 33.9. The number of aryl methyl sites for hydroxylation is 10. The second-order valence-corrected chi connectivity index (χ2v) is 39.6. The second-order valence-electron chi connectivity index (χ2n) is 16.6. The number of rotatable bonds is 8. The summed E-state index contributed by atoms with van der Waals surface area (Å²) in [5.74, 6) is 5.79. The Morgan fingerprint density at radius 1 is 0.532 bits per heavy atom. The minimum absolute atomic E-state index is 0.224. The quantitative estimate of drug-likeness (QED) is 0.112. The maximum absolute atomic E-state index is 5.98. The van der Waals surface area contributed by atoms with E-state index in [1.165, 1.54) is 88.3 Å². The number of halogens is 2. The van der Waals surface area contributed by atoms with E-state index in [0.717, 1.165) is 58.5 Å². The van der Waals surface area contributed by atoms with E-state index in [-0.39, 0.29) is 5.43 Å². The van der Waals surface area contributed by atoms with Crippen molar-refractivity contribution in [3.63, 3.8) is 0 Å². The maximum atomic E-state index is 5.98. The molecule has 0 unspecified atom stereocenters. The van der Waals surface area contributed by atoms with Gasteiger partial charge in [-0.1, -0.05) is 48.2 Å². The third-order valence-corrected chi connectivity index (χ3v) is 31.6. The van der Waals surface area contributed by atoms with E-state index in [0.29, 0.717) is 0 Å². The summed E-state index contributed by atoms with van der Waals surface area (Å²) in [5.41, 5.74) is 17.0. The number of fused-ring (bicyclic) bond motifs is 2. The number of furan rings is 2. The Balaban J connectivity index is 0.000000183. The Kier molecular flexibility index (Phi) is 15.4. The van der Waals surface area contributed by atoms with Crippen LogP contribution < -0.4 is 9.47 Å². The Morgan fingerprint density at radius 3 is 1.13 bits per heavy atom. The van der Waals surface area contributed by atoms with Gasteiger partial charge in [0.15, 0.2) is 0 Å². The summed E-state index contributed by atoms with van der Waals surface area (Å²) < 4.78 is 23.1. The Labute approximate surface area is 384 Å². The van der Waals surface area contributed by atoms with Gasteiger partial charge in [0, 0.05) is 0 Å². The van der Waals surface area contributed by atoms with Crippen molar-refractivity contribution in [2.24, 2.45) is 0 Å². The molecule has 8 aromatic rings. The molecule has 0 fully saturated rings. The van der Waals surface area contributed by atoms with Crippen LogP contribution in [0.5, 0.6) is 11.5 Å². The molecule has 0 atom stereocenters. The van der Waals surface area contributed by atoms with Crippen LogP contribution in [0.2, 0.25) is 13.1 Å². The molecule has 8 heteroatoms. The molecule has 0 saturated heterocycles. The summed E-state index contributed by atoms with van der Waals surface area (Å²) in [7, 11) is 14.7. The first-order chi connectivity index (χ1) is 29.5. The van der Waals surface area contributed by atoms with E-state index in [1.54, 1.807) is 14.2 Å². The van der Waals surface area contributed by atoms with Crippen molar-refractivity contribution >= 4 is 44.0 Å². The van der Waals surface area contributed by atoms with Gasteiger partial charge in [-0.25, -0.2) is 0 Å². The van der Waals surface area contributed by atoms with Crippen molar-refractivity contribution in [1.29, 1.82) is 0 Å². The molecule has 8 rings (SSSR count). The van der Waals surface area contributed by atoms with Gasteiger partial charge in [-0.15, -0.1) is 57.9 Å². The van der Waals surface area contributed by atoms with Crippen molar-refractivity contribution in [2.45, 2.75) is 95.2 Å². The molecule has 0 N–H and O–H groups in total. The minimum atomic E-state index is -1.65. The molecule has 0 amide bonds. The first kappa shape index (κ1) is 47.4. The van der Waals surface area contributed by atoms with Crippen molar-refractivity contribution < 1.29 is 36.3 Å². The van der Waals surface area contributed by atoms with Crippen molar-refractivity contribution in [1.82, 2.24) is 0 Å². The molecule has 0 bridgehead atoms. The van der Waals surface area contributed by atoms with Crippen LogP contribution >= 0.6 is 17.0 Å². The van der Waals surface area contributed by atoms with Crippen LogP contribution in [0.15, 0.2) is 93.8 Å². The van der Waals surface area contributed by atoms with Gasteiger partial charge in [-0.3, -0.25) is 0 Å². The number of methoxy groups -OCH3 is 2. The SMILES string of the molecule is CCc1ccc2[cH-]c(-c3cc(C)c(C)o3)cc2c1-c1cc(C)c(OC)c(C)c1.CCc1ccc2[cH-]c(-c3cc(C)c(C)o3)cc2c1-c1cc(C)c(OC)c(C)c1.C[Si](C)=[Zr]([Cl])[Cl]. The van der Waals surface area contributed by atoms with E-state index in [9.17, 15) is 0 Å². The molecule has 0 aliphatic rings.